The Morgan fingerprint density at radius 2 is 1.31 bits per heavy atom. The van der Waals surface area contributed by atoms with Gasteiger partial charge in [0.2, 0.25) is 0 Å². The molecular weight excluding hydrogens is 976 g/mol. The van der Waals surface area contributed by atoms with Gasteiger partial charge in [0.1, 0.15) is 5.82 Å². The van der Waals surface area contributed by atoms with E-state index < -0.39 is 66.3 Å². The summed E-state index contributed by atoms with van der Waals surface area (Å²) in [6.45, 7) is 5.97. The molecule has 6 heteroatoms. The van der Waals surface area contributed by atoms with Crippen molar-refractivity contribution in [3.63, 3.8) is 0 Å². The third-order valence-electron chi connectivity index (χ3n) is 11.6. The van der Waals surface area contributed by atoms with Crippen molar-refractivity contribution in [2.75, 3.05) is 0 Å². The summed E-state index contributed by atoms with van der Waals surface area (Å²) in [4.78, 5) is 4.79. The van der Waals surface area contributed by atoms with Crippen molar-refractivity contribution >= 4 is 32.8 Å². The van der Waals surface area contributed by atoms with Gasteiger partial charge in [0, 0.05) is 45.6 Å². The van der Waals surface area contributed by atoms with E-state index in [2.05, 4.69) is 24.5 Å². The van der Waals surface area contributed by atoms with Gasteiger partial charge in [0.15, 0.2) is 0 Å². The minimum Gasteiger partial charge on any atom is -0.510 e. The molecule has 0 aliphatic rings. The van der Waals surface area contributed by atoms with Crippen molar-refractivity contribution < 1.29 is 45.4 Å². The zero-order valence-electron chi connectivity index (χ0n) is 46.4. The first-order valence-electron chi connectivity index (χ1n) is 26.4. The third kappa shape index (κ3) is 7.77. The fraction of sp³-hybridized carbons (Fsp3) is 0.0847. The molecule has 0 amide bonds. The molecule has 5 nitrogen and oxygen atoms in total. The fourth-order valence-corrected chi connectivity index (χ4v) is 8.26. The topological polar surface area (TPSA) is 35.9 Å². The number of hydrogen-bond acceptors (Lipinski definition) is 2. The maximum absolute atomic E-state index is 9.17. The first-order chi connectivity index (χ1) is 36.0. The fourth-order valence-electron chi connectivity index (χ4n) is 8.26. The molecule has 3 aromatic heterocycles. The molecule has 0 fully saturated rings. The minimum absolute atomic E-state index is 0. The van der Waals surface area contributed by atoms with Crippen LogP contribution in [0.4, 0.5) is 0 Å². The molecular formula is C59H44N4OPt-2. The molecule has 0 aliphatic carbocycles. The molecule has 318 valence electrons. The second-order valence-electron chi connectivity index (χ2n) is 15.7. The van der Waals surface area contributed by atoms with Crippen LogP contribution >= 0.6 is 0 Å². The van der Waals surface area contributed by atoms with Crippen molar-refractivity contribution in [2.24, 2.45) is 5.92 Å². The summed E-state index contributed by atoms with van der Waals surface area (Å²) in [5.74, 6) is 0.548. The molecule has 3 heterocycles. The molecule has 65 heavy (non-hydrogen) atoms. The zero-order chi connectivity index (χ0) is 52.8. The smallest absolute Gasteiger partial charge is 0.268 e. The summed E-state index contributed by atoms with van der Waals surface area (Å²) < 4.78 is 109. The van der Waals surface area contributed by atoms with E-state index in [1.807, 2.05) is 122 Å². The van der Waals surface area contributed by atoms with Gasteiger partial charge in [-0.15, -0.1) is 29.7 Å². The van der Waals surface area contributed by atoms with E-state index in [1.165, 1.54) is 0 Å². The van der Waals surface area contributed by atoms with Crippen LogP contribution in [0, 0.1) is 24.4 Å². The standard InChI is InChI=1S/C59H44N4O.Pt/c1-40(2)41(3)45-33-34-60-58(36-45)63-54-28-14-13-25-52(54)53-31-30-49(38-56(53)63)64-48-24-15-23-47(37-48)61-39-62(57-35-46(29-32-55(57)61)42-17-7-4-8-18-42)59-50(43-19-9-5-10-20-43)26-16-27-51(59)44-21-11-6-12-22-44;/h4-36,40-41H,1-3H3;/q-2;/i5D,6D,9D,10D,11D,12D,19D,20D,21D,22D,41D;. The Morgan fingerprint density at radius 1 is 0.615 bits per heavy atom. The summed E-state index contributed by atoms with van der Waals surface area (Å²) in [6, 6.07) is 42.8. The van der Waals surface area contributed by atoms with Crippen LogP contribution < -0.4 is 9.30 Å². The molecule has 0 saturated carbocycles. The quantitative estimate of drug-likeness (QED) is 0.101. The second-order valence-corrected chi connectivity index (χ2v) is 15.7. The van der Waals surface area contributed by atoms with Gasteiger partial charge < -0.3 is 13.9 Å². The number of benzene rings is 8. The van der Waals surface area contributed by atoms with Crippen LogP contribution in [0.5, 0.6) is 11.5 Å². The van der Waals surface area contributed by atoms with Crippen LogP contribution in [-0.4, -0.2) is 14.1 Å². The largest absolute Gasteiger partial charge is 0.510 e. The summed E-state index contributed by atoms with van der Waals surface area (Å²) in [5.41, 5.74) is 5.79. The maximum Gasteiger partial charge on any atom is 0.268 e. The first-order valence-corrected chi connectivity index (χ1v) is 20.9. The van der Waals surface area contributed by atoms with Gasteiger partial charge in [-0.2, -0.15) is 18.2 Å². The number of ether oxygens (including phenoxy) is 1. The Balaban J connectivity index is 0.00000657. The van der Waals surface area contributed by atoms with Crippen molar-refractivity contribution in [3.8, 4) is 62.1 Å². The van der Waals surface area contributed by atoms with Gasteiger partial charge in [0.25, 0.3) is 6.33 Å². The molecule has 11 rings (SSSR count). The molecule has 1 atom stereocenters. The van der Waals surface area contributed by atoms with E-state index in [-0.39, 0.29) is 54.9 Å². The molecule has 0 aliphatic heterocycles. The van der Waals surface area contributed by atoms with Crippen LogP contribution in [0.2, 0.25) is 0 Å². The second kappa shape index (κ2) is 17.7. The van der Waals surface area contributed by atoms with Crippen LogP contribution in [0.3, 0.4) is 0 Å². The van der Waals surface area contributed by atoms with Crippen LogP contribution in [0.15, 0.2) is 200 Å². The van der Waals surface area contributed by atoms with E-state index in [0.717, 1.165) is 38.5 Å². The van der Waals surface area contributed by atoms with E-state index in [9.17, 15) is 0 Å². The monoisotopic (exact) mass is 1030 g/mol. The van der Waals surface area contributed by atoms with Crippen LogP contribution in [-0.2, 0) is 21.1 Å². The van der Waals surface area contributed by atoms with Gasteiger partial charge in [-0.1, -0.05) is 166 Å². The van der Waals surface area contributed by atoms with Crippen molar-refractivity contribution in [3.05, 3.63) is 224 Å². The number of hydrogen-bond donors (Lipinski definition) is 0. The van der Waals surface area contributed by atoms with Crippen molar-refractivity contribution in [1.29, 1.82) is 0 Å². The number of pyridine rings is 1. The van der Waals surface area contributed by atoms with E-state index in [4.69, 9.17) is 24.8 Å². The molecule has 8 aromatic carbocycles. The molecule has 0 spiro atoms. The number of para-hydroxylation sites is 2. The Bertz CT molecular complexity index is 3990. The molecule has 1 unspecified atom stereocenters. The number of rotatable bonds is 10. The van der Waals surface area contributed by atoms with Crippen molar-refractivity contribution in [2.45, 2.75) is 26.7 Å². The predicted octanol–water partition coefficient (Wildman–Crippen LogP) is 14.4. The van der Waals surface area contributed by atoms with Gasteiger partial charge in [-0.05, 0) is 86.1 Å². The average Bonchev–Trinajstić information content (AvgIpc) is 3.97. The van der Waals surface area contributed by atoms with Gasteiger partial charge in [-0.3, -0.25) is 4.57 Å². The third-order valence-corrected chi connectivity index (χ3v) is 11.6. The SMILES string of the molecule is [2H]c1c([2H])c([2H])c(-c2cccc(-c3c([2H])c([2H])c([2H])c([2H])c3[2H])c2-[n+]2[c-]n(-c3[c-]c(Oc4[c-]c5c(cc4)c4ccccc4n5-c4cc(C([2H])(C)C(C)C)ccn4)ccc3)c3ccc(-c4ccccc4)cc32)c([2H])c1[2H].[Pt]. The average molecular weight is 1030 g/mol. The Labute approximate surface area is 409 Å². The number of nitrogens with zero attached hydrogens (tertiary/aromatic N) is 4. The first kappa shape index (κ1) is 30.7. The molecule has 11 aromatic rings. The summed E-state index contributed by atoms with van der Waals surface area (Å²) in [5, 5.41) is 1.93. The van der Waals surface area contributed by atoms with E-state index in [1.54, 1.807) is 45.7 Å². The molecule has 0 N–H and O–H groups in total. The summed E-state index contributed by atoms with van der Waals surface area (Å²) >= 11 is 0. The summed E-state index contributed by atoms with van der Waals surface area (Å²) in [6.07, 6.45) is 5.20. The van der Waals surface area contributed by atoms with Crippen LogP contribution in [0.25, 0.3) is 83.4 Å². The number of aromatic nitrogens is 4. The molecule has 0 saturated heterocycles. The number of imidazole rings is 1. The minimum atomic E-state index is -0.860. The normalized spacial score (nSPS) is 14.7. The Hall–Kier alpha value is -7.33. The zero-order valence-corrected chi connectivity index (χ0v) is 37.6. The summed E-state index contributed by atoms with van der Waals surface area (Å²) in [7, 11) is 0. The molecule has 0 bridgehead atoms. The maximum atomic E-state index is 9.17. The Morgan fingerprint density at radius 3 is 2.05 bits per heavy atom. The van der Waals surface area contributed by atoms with Gasteiger partial charge in [0.05, 0.1) is 30.4 Å². The van der Waals surface area contributed by atoms with E-state index >= 15 is 0 Å². The number of fused-ring (bicyclic) bond motifs is 4. The predicted molar refractivity (Wildman–Crippen MR) is 260 cm³/mol. The van der Waals surface area contributed by atoms with Gasteiger partial charge >= 0.3 is 0 Å². The molecule has 0 radical (unpaired) electrons. The Kier molecular flexibility index (Phi) is 8.35. The van der Waals surface area contributed by atoms with Crippen LogP contribution in [0.1, 0.15) is 47.3 Å². The van der Waals surface area contributed by atoms with Gasteiger partial charge in [-0.25, -0.2) is 4.98 Å². The van der Waals surface area contributed by atoms with Crippen molar-refractivity contribution in [1.82, 2.24) is 14.1 Å². The van der Waals surface area contributed by atoms with E-state index in [0.29, 0.717) is 34.0 Å².